The van der Waals surface area contributed by atoms with E-state index in [4.69, 9.17) is 0 Å². The fourth-order valence-corrected chi connectivity index (χ4v) is 11.0. The van der Waals surface area contributed by atoms with Gasteiger partial charge in [0, 0.05) is 53.6 Å². The number of benzene rings is 8. The molecule has 8 aromatic carbocycles. The summed E-state index contributed by atoms with van der Waals surface area (Å²) in [5.41, 5.74) is 19.1. The highest BCUT2D eigenvalue weighted by Crippen LogP contribution is 2.56. The van der Waals surface area contributed by atoms with Gasteiger partial charge in [-0.3, -0.25) is 0 Å². The number of fused-ring (bicyclic) bond motifs is 10. The van der Waals surface area contributed by atoms with Crippen LogP contribution < -0.4 is 4.90 Å². The molecule has 0 N–H and O–H groups in total. The Morgan fingerprint density at radius 2 is 0.964 bits per heavy atom. The maximum atomic E-state index is 2.47. The van der Waals surface area contributed by atoms with Gasteiger partial charge in [-0.05, 0) is 110 Å². The van der Waals surface area contributed by atoms with Crippen molar-refractivity contribution in [3.63, 3.8) is 0 Å². The van der Waals surface area contributed by atoms with Gasteiger partial charge in [-0.15, -0.1) is 11.3 Å². The molecule has 0 fully saturated rings. The molecular weight excluding hydrogens is 695 g/mol. The number of nitrogens with zero attached hydrogens (tertiary/aromatic N) is 1. The summed E-state index contributed by atoms with van der Waals surface area (Å²) in [5, 5.41) is 2.69. The molecule has 0 unspecified atom stereocenters. The van der Waals surface area contributed by atoms with Gasteiger partial charge in [-0.1, -0.05) is 155 Å². The van der Waals surface area contributed by atoms with Crippen LogP contribution in [0, 0.1) is 0 Å². The summed E-state index contributed by atoms with van der Waals surface area (Å²) in [6.45, 7) is 9.52. The van der Waals surface area contributed by atoms with Crippen molar-refractivity contribution in [3.8, 4) is 44.5 Å². The number of rotatable bonds is 5. The predicted octanol–water partition coefficient (Wildman–Crippen LogP) is 15.5. The summed E-state index contributed by atoms with van der Waals surface area (Å²) >= 11 is 1.93. The second kappa shape index (κ2) is 12.1. The van der Waals surface area contributed by atoms with Crippen LogP contribution in [0.5, 0.6) is 0 Å². The topological polar surface area (TPSA) is 3.24 Å². The van der Waals surface area contributed by atoms with Crippen LogP contribution in [0.4, 0.5) is 17.1 Å². The standard InChI is InChI=1S/C54H41NS/c1-53(2)47-29-26-39(32-45(47)51-48(53)30-28-44-43-18-9-11-20-50(43)56-52(44)51)55(40-25-27-42-41-17-8-10-19-46(41)54(3,4)49(42)33-40)38-23-21-35(22-24-38)37-16-12-15-36(31-37)34-13-6-5-7-14-34/h5-33H,1-4H3. The highest BCUT2D eigenvalue weighted by atomic mass is 32.1. The Hall–Kier alpha value is -6.22. The molecule has 2 aliphatic rings. The highest BCUT2D eigenvalue weighted by Gasteiger charge is 2.38. The number of anilines is 3. The molecule has 0 amide bonds. The van der Waals surface area contributed by atoms with Crippen LogP contribution in [0.15, 0.2) is 176 Å². The minimum atomic E-state index is -0.102. The first-order chi connectivity index (χ1) is 27.3. The Bertz CT molecular complexity index is 3020. The molecule has 0 atom stereocenters. The molecule has 2 aliphatic carbocycles. The Balaban J connectivity index is 1.08. The minimum Gasteiger partial charge on any atom is -0.310 e. The third-order valence-electron chi connectivity index (χ3n) is 12.7. The molecule has 1 aromatic heterocycles. The summed E-state index contributed by atoms with van der Waals surface area (Å²) < 4.78 is 2.73. The summed E-state index contributed by atoms with van der Waals surface area (Å²) in [4.78, 5) is 2.47. The first-order valence-electron chi connectivity index (χ1n) is 19.7. The van der Waals surface area contributed by atoms with E-state index < -0.39 is 0 Å². The van der Waals surface area contributed by atoms with Gasteiger partial charge in [-0.25, -0.2) is 0 Å². The Morgan fingerprint density at radius 1 is 0.375 bits per heavy atom. The van der Waals surface area contributed by atoms with E-state index in [2.05, 4.69) is 209 Å². The minimum absolute atomic E-state index is 0.0995. The lowest BCUT2D eigenvalue weighted by molar-refractivity contribution is 0.660. The van der Waals surface area contributed by atoms with Crippen LogP contribution in [-0.4, -0.2) is 0 Å². The van der Waals surface area contributed by atoms with Crippen molar-refractivity contribution in [2.75, 3.05) is 4.90 Å². The molecule has 0 radical (unpaired) electrons. The zero-order valence-electron chi connectivity index (χ0n) is 32.1. The van der Waals surface area contributed by atoms with Gasteiger partial charge in [0.1, 0.15) is 0 Å². The van der Waals surface area contributed by atoms with Gasteiger partial charge < -0.3 is 4.90 Å². The number of hydrogen-bond acceptors (Lipinski definition) is 2. The van der Waals surface area contributed by atoms with E-state index in [1.54, 1.807) is 0 Å². The van der Waals surface area contributed by atoms with Gasteiger partial charge >= 0.3 is 0 Å². The lowest BCUT2D eigenvalue weighted by atomic mass is 9.82. The quantitative estimate of drug-likeness (QED) is 0.170. The maximum Gasteiger partial charge on any atom is 0.0468 e. The molecular formula is C54H41NS. The van der Waals surface area contributed by atoms with E-state index in [1.807, 2.05) is 11.3 Å². The third-order valence-corrected chi connectivity index (χ3v) is 13.9. The molecule has 1 nitrogen and oxygen atoms in total. The van der Waals surface area contributed by atoms with E-state index in [-0.39, 0.29) is 10.8 Å². The SMILES string of the molecule is CC1(C)c2ccccc2-c2ccc(N(c3ccc(-c4cccc(-c5ccccc5)c4)cc3)c3ccc4c(c3)-c3c(ccc5c3sc3ccccc35)C4(C)C)cc21. The Morgan fingerprint density at radius 3 is 1.79 bits per heavy atom. The molecule has 56 heavy (non-hydrogen) atoms. The molecule has 9 aromatic rings. The van der Waals surface area contributed by atoms with Crippen molar-refractivity contribution in [1.82, 2.24) is 0 Å². The van der Waals surface area contributed by atoms with Gasteiger partial charge in [0.2, 0.25) is 0 Å². The summed E-state index contributed by atoms with van der Waals surface area (Å²) in [6, 6.07) is 65.5. The van der Waals surface area contributed by atoms with Crippen LogP contribution >= 0.6 is 11.3 Å². The molecule has 0 saturated carbocycles. The second-order valence-electron chi connectivity index (χ2n) is 16.5. The maximum absolute atomic E-state index is 2.47. The highest BCUT2D eigenvalue weighted by molar-refractivity contribution is 7.26. The summed E-state index contributed by atoms with van der Waals surface area (Å²) in [5.74, 6) is 0. The third kappa shape index (κ3) is 4.85. The molecule has 268 valence electrons. The zero-order chi connectivity index (χ0) is 37.8. The lowest BCUT2D eigenvalue weighted by Gasteiger charge is -2.29. The van der Waals surface area contributed by atoms with Crippen molar-refractivity contribution in [3.05, 3.63) is 198 Å². The van der Waals surface area contributed by atoms with E-state index in [1.165, 1.54) is 92.6 Å². The lowest BCUT2D eigenvalue weighted by Crippen LogP contribution is -2.17. The van der Waals surface area contributed by atoms with Crippen molar-refractivity contribution in [2.45, 2.75) is 38.5 Å². The zero-order valence-corrected chi connectivity index (χ0v) is 32.9. The van der Waals surface area contributed by atoms with Gasteiger partial charge in [0.15, 0.2) is 0 Å². The van der Waals surface area contributed by atoms with Crippen LogP contribution in [0.2, 0.25) is 0 Å². The van der Waals surface area contributed by atoms with Crippen LogP contribution in [0.3, 0.4) is 0 Å². The second-order valence-corrected chi connectivity index (χ2v) is 17.6. The molecule has 0 bridgehead atoms. The van der Waals surface area contributed by atoms with Gasteiger partial charge in [0.05, 0.1) is 0 Å². The average molecular weight is 736 g/mol. The normalized spacial score (nSPS) is 14.4. The number of thiophene rings is 1. The molecule has 0 spiro atoms. The van der Waals surface area contributed by atoms with Crippen LogP contribution in [0.1, 0.15) is 49.9 Å². The first kappa shape index (κ1) is 33.1. The van der Waals surface area contributed by atoms with E-state index >= 15 is 0 Å². The molecule has 0 aliphatic heterocycles. The van der Waals surface area contributed by atoms with Crippen molar-refractivity contribution < 1.29 is 0 Å². The van der Waals surface area contributed by atoms with E-state index in [9.17, 15) is 0 Å². The largest absolute Gasteiger partial charge is 0.310 e. The van der Waals surface area contributed by atoms with E-state index in [0.717, 1.165) is 11.4 Å². The monoisotopic (exact) mass is 735 g/mol. The summed E-state index contributed by atoms with van der Waals surface area (Å²) in [6.07, 6.45) is 0. The van der Waals surface area contributed by atoms with Gasteiger partial charge in [-0.2, -0.15) is 0 Å². The smallest absolute Gasteiger partial charge is 0.0468 e. The van der Waals surface area contributed by atoms with Crippen molar-refractivity contribution in [1.29, 1.82) is 0 Å². The fourth-order valence-electron chi connectivity index (χ4n) is 9.74. The van der Waals surface area contributed by atoms with Crippen LogP contribution in [0.25, 0.3) is 64.7 Å². The molecule has 0 saturated heterocycles. The summed E-state index contributed by atoms with van der Waals surface area (Å²) in [7, 11) is 0. The molecule has 1 heterocycles. The van der Waals surface area contributed by atoms with Gasteiger partial charge in [0.25, 0.3) is 0 Å². The Labute approximate surface area is 333 Å². The van der Waals surface area contributed by atoms with E-state index in [0.29, 0.717) is 0 Å². The molecule has 11 rings (SSSR count). The van der Waals surface area contributed by atoms with Crippen LogP contribution in [-0.2, 0) is 10.8 Å². The fraction of sp³-hybridized carbons (Fsp3) is 0.111. The average Bonchev–Trinajstić information content (AvgIpc) is 3.81. The number of hydrogen-bond donors (Lipinski definition) is 0. The first-order valence-corrected chi connectivity index (χ1v) is 20.5. The Kier molecular flexibility index (Phi) is 7.18. The van der Waals surface area contributed by atoms with Crippen molar-refractivity contribution >= 4 is 48.6 Å². The molecule has 2 heteroatoms. The van der Waals surface area contributed by atoms with Crippen molar-refractivity contribution in [2.24, 2.45) is 0 Å². The predicted molar refractivity (Wildman–Crippen MR) is 240 cm³/mol.